The first kappa shape index (κ1) is 12.4. The lowest BCUT2D eigenvalue weighted by Gasteiger charge is -2.09. The molecule has 1 aromatic heterocycles. The van der Waals surface area contributed by atoms with Crippen molar-refractivity contribution >= 4 is 27.6 Å². The zero-order chi connectivity index (χ0) is 13.2. The van der Waals surface area contributed by atoms with Crippen molar-refractivity contribution in [2.75, 3.05) is 12.4 Å². The van der Waals surface area contributed by atoms with Crippen LogP contribution in [0.1, 0.15) is 11.3 Å². The number of nitrogens with one attached hydrogen (secondary N) is 2. The van der Waals surface area contributed by atoms with Gasteiger partial charge in [0.2, 0.25) is 11.8 Å². The van der Waals surface area contributed by atoms with Crippen molar-refractivity contribution in [2.45, 2.75) is 13.1 Å². The normalized spacial score (nSPS) is 13.2. The molecule has 0 spiro atoms. The fourth-order valence-electron chi connectivity index (χ4n) is 2.06. The molecule has 0 saturated carbocycles. The van der Waals surface area contributed by atoms with E-state index in [2.05, 4.69) is 36.5 Å². The third kappa shape index (κ3) is 2.54. The molecule has 0 radical (unpaired) electrons. The minimum Gasteiger partial charge on any atom is -0.481 e. The Morgan fingerprint density at radius 1 is 1.32 bits per heavy atom. The molecule has 1 aliphatic rings. The third-order valence-corrected chi connectivity index (χ3v) is 3.42. The highest BCUT2D eigenvalue weighted by molar-refractivity contribution is 9.10. The van der Waals surface area contributed by atoms with Crippen LogP contribution < -0.4 is 15.4 Å². The molecule has 2 aromatic rings. The Balaban J connectivity index is 1.93. The SMILES string of the molecule is COc1nc(Nc2cccc(Br)c2)nc2c1CNC2. The Hall–Kier alpha value is -1.66. The van der Waals surface area contributed by atoms with E-state index in [0.717, 1.165) is 34.5 Å². The van der Waals surface area contributed by atoms with Crippen molar-refractivity contribution in [3.8, 4) is 5.88 Å². The number of hydrogen-bond donors (Lipinski definition) is 2. The van der Waals surface area contributed by atoms with Crippen molar-refractivity contribution in [2.24, 2.45) is 0 Å². The largest absolute Gasteiger partial charge is 0.481 e. The molecule has 0 amide bonds. The summed E-state index contributed by atoms with van der Waals surface area (Å²) in [5.74, 6) is 1.19. The second-order valence-corrected chi connectivity index (χ2v) is 5.14. The van der Waals surface area contributed by atoms with Gasteiger partial charge in [0.25, 0.3) is 0 Å². The molecule has 0 aliphatic carbocycles. The summed E-state index contributed by atoms with van der Waals surface area (Å²) in [5.41, 5.74) is 2.97. The van der Waals surface area contributed by atoms with E-state index in [9.17, 15) is 0 Å². The van der Waals surface area contributed by atoms with Gasteiger partial charge in [-0.1, -0.05) is 22.0 Å². The van der Waals surface area contributed by atoms with Crippen LogP contribution in [0.15, 0.2) is 28.7 Å². The average Bonchev–Trinajstić information content (AvgIpc) is 2.86. The molecule has 1 aromatic carbocycles. The summed E-state index contributed by atoms with van der Waals surface area (Å²) < 4.78 is 6.33. The first-order chi connectivity index (χ1) is 9.26. The van der Waals surface area contributed by atoms with E-state index in [1.807, 2.05) is 24.3 Å². The molecule has 98 valence electrons. The van der Waals surface area contributed by atoms with E-state index in [1.54, 1.807) is 7.11 Å². The Kier molecular flexibility index (Phi) is 3.35. The summed E-state index contributed by atoms with van der Waals surface area (Å²) in [7, 11) is 1.63. The first-order valence-corrected chi connectivity index (χ1v) is 6.72. The predicted octanol–water partition coefficient (Wildman–Crippen LogP) is 2.59. The van der Waals surface area contributed by atoms with Gasteiger partial charge in [0.05, 0.1) is 18.4 Å². The molecule has 0 saturated heterocycles. The zero-order valence-electron chi connectivity index (χ0n) is 10.4. The topological polar surface area (TPSA) is 59.1 Å². The molecular weight excluding hydrogens is 308 g/mol. The number of aromatic nitrogens is 2. The minimum atomic E-state index is 0.553. The lowest BCUT2D eigenvalue weighted by molar-refractivity contribution is 0.392. The van der Waals surface area contributed by atoms with Crippen molar-refractivity contribution in [3.63, 3.8) is 0 Å². The van der Waals surface area contributed by atoms with Crippen LogP contribution in [0.2, 0.25) is 0 Å². The molecular formula is C13H13BrN4O. The van der Waals surface area contributed by atoms with Crippen molar-refractivity contribution in [1.29, 1.82) is 0 Å². The van der Waals surface area contributed by atoms with Gasteiger partial charge in [0, 0.05) is 23.2 Å². The second-order valence-electron chi connectivity index (χ2n) is 4.22. The van der Waals surface area contributed by atoms with Crippen LogP contribution in [0.4, 0.5) is 11.6 Å². The van der Waals surface area contributed by atoms with E-state index in [-0.39, 0.29) is 0 Å². The monoisotopic (exact) mass is 320 g/mol. The van der Waals surface area contributed by atoms with Gasteiger partial charge in [0.1, 0.15) is 0 Å². The van der Waals surface area contributed by atoms with E-state index in [1.165, 1.54) is 0 Å². The van der Waals surface area contributed by atoms with Gasteiger partial charge >= 0.3 is 0 Å². The smallest absolute Gasteiger partial charge is 0.230 e. The molecule has 0 atom stereocenters. The summed E-state index contributed by atoms with van der Waals surface area (Å²) in [4.78, 5) is 8.89. The number of nitrogens with zero attached hydrogens (tertiary/aromatic N) is 2. The van der Waals surface area contributed by atoms with E-state index in [4.69, 9.17) is 4.74 Å². The Morgan fingerprint density at radius 3 is 3.00 bits per heavy atom. The number of benzene rings is 1. The number of anilines is 2. The van der Waals surface area contributed by atoms with Crippen LogP contribution in [-0.2, 0) is 13.1 Å². The highest BCUT2D eigenvalue weighted by atomic mass is 79.9. The number of ether oxygens (including phenoxy) is 1. The summed E-state index contributed by atoms with van der Waals surface area (Å²) in [5, 5.41) is 6.43. The fraction of sp³-hybridized carbons (Fsp3) is 0.231. The highest BCUT2D eigenvalue weighted by Crippen LogP contribution is 2.26. The van der Waals surface area contributed by atoms with Gasteiger partial charge in [-0.05, 0) is 18.2 Å². The first-order valence-electron chi connectivity index (χ1n) is 5.93. The minimum absolute atomic E-state index is 0.553. The molecule has 0 fully saturated rings. The van der Waals surface area contributed by atoms with Gasteiger partial charge in [-0.25, -0.2) is 4.98 Å². The van der Waals surface area contributed by atoms with Gasteiger partial charge in [0.15, 0.2) is 0 Å². The molecule has 2 heterocycles. The maximum absolute atomic E-state index is 5.32. The quantitative estimate of drug-likeness (QED) is 0.910. The van der Waals surface area contributed by atoms with Gasteiger partial charge < -0.3 is 15.4 Å². The molecule has 6 heteroatoms. The maximum Gasteiger partial charge on any atom is 0.230 e. The zero-order valence-corrected chi connectivity index (χ0v) is 12.0. The molecule has 5 nitrogen and oxygen atoms in total. The fourth-order valence-corrected chi connectivity index (χ4v) is 2.46. The standard InChI is InChI=1S/C13H13BrN4O/c1-19-12-10-6-15-7-11(10)17-13(18-12)16-9-4-2-3-8(14)5-9/h2-5,15H,6-7H2,1H3,(H,16,17,18). The average molecular weight is 321 g/mol. The van der Waals surface area contributed by atoms with Crippen LogP contribution in [0.25, 0.3) is 0 Å². The molecule has 0 bridgehead atoms. The molecule has 0 unspecified atom stereocenters. The Labute approximate surface area is 119 Å². The number of rotatable bonds is 3. The Morgan fingerprint density at radius 2 is 2.21 bits per heavy atom. The third-order valence-electron chi connectivity index (χ3n) is 2.92. The van der Waals surface area contributed by atoms with Gasteiger partial charge in [-0.3, -0.25) is 0 Å². The number of hydrogen-bond acceptors (Lipinski definition) is 5. The summed E-state index contributed by atoms with van der Waals surface area (Å²) in [6.07, 6.45) is 0. The number of halogens is 1. The van der Waals surface area contributed by atoms with E-state index >= 15 is 0 Å². The summed E-state index contributed by atoms with van der Waals surface area (Å²) in [6.45, 7) is 1.51. The van der Waals surface area contributed by atoms with Crippen LogP contribution >= 0.6 is 15.9 Å². The molecule has 3 rings (SSSR count). The van der Waals surface area contributed by atoms with Gasteiger partial charge in [-0.2, -0.15) is 4.98 Å². The maximum atomic E-state index is 5.32. The van der Waals surface area contributed by atoms with Crippen molar-refractivity contribution < 1.29 is 4.74 Å². The molecule has 19 heavy (non-hydrogen) atoms. The summed E-state index contributed by atoms with van der Waals surface area (Å²) in [6, 6.07) is 7.87. The lowest BCUT2D eigenvalue weighted by Crippen LogP contribution is -2.03. The van der Waals surface area contributed by atoms with Crippen molar-refractivity contribution in [3.05, 3.63) is 40.0 Å². The summed E-state index contributed by atoms with van der Waals surface area (Å²) >= 11 is 3.44. The number of fused-ring (bicyclic) bond motifs is 1. The Bertz CT molecular complexity index is 618. The van der Waals surface area contributed by atoms with Gasteiger partial charge in [-0.15, -0.1) is 0 Å². The van der Waals surface area contributed by atoms with Crippen LogP contribution in [0.5, 0.6) is 5.88 Å². The molecule has 1 aliphatic heterocycles. The highest BCUT2D eigenvalue weighted by Gasteiger charge is 2.19. The van der Waals surface area contributed by atoms with E-state index < -0.39 is 0 Å². The van der Waals surface area contributed by atoms with Crippen molar-refractivity contribution in [1.82, 2.24) is 15.3 Å². The van der Waals surface area contributed by atoms with Crippen LogP contribution in [0, 0.1) is 0 Å². The van der Waals surface area contributed by atoms with E-state index in [0.29, 0.717) is 11.8 Å². The predicted molar refractivity (Wildman–Crippen MR) is 76.6 cm³/mol. The van der Waals surface area contributed by atoms with Crippen LogP contribution in [-0.4, -0.2) is 17.1 Å². The molecule has 2 N–H and O–H groups in total. The van der Waals surface area contributed by atoms with Crippen LogP contribution in [0.3, 0.4) is 0 Å². The lowest BCUT2D eigenvalue weighted by atomic mass is 10.2. The number of methoxy groups -OCH3 is 1. The second kappa shape index (κ2) is 5.14.